The summed E-state index contributed by atoms with van der Waals surface area (Å²) in [4.78, 5) is 12.8. The Hall–Kier alpha value is -1.26. The Balaban J connectivity index is 2.12. The first kappa shape index (κ1) is 13.2. The maximum Gasteiger partial charge on any atom is 0.236 e. The summed E-state index contributed by atoms with van der Waals surface area (Å²) in [6.45, 7) is 0.983. The number of nitrogens with zero attached hydrogens (tertiary/aromatic N) is 1. The zero-order chi connectivity index (χ0) is 13.1. The molecule has 1 saturated carbocycles. The highest BCUT2D eigenvalue weighted by molar-refractivity contribution is 6.30. The second-order valence-electron chi connectivity index (χ2n) is 4.75. The lowest BCUT2D eigenvalue weighted by Crippen LogP contribution is -2.31. The molecule has 0 spiro atoms. The van der Waals surface area contributed by atoms with Crippen molar-refractivity contribution < 1.29 is 4.79 Å². The van der Waals surface area contributed by atoms with Crippen molar-refractivity contribution in [2.45, 2.75) is 25.4 Å². The number of primary amides is 1. The highest BCUT2D eigenvalue weighted by Crippen LogP contribution is 2.26. The summed E-state index contributed by atoms with van der Waals surface area (Å²) in [5, 5.41) is 4.12. The molecule has 98 valence electrons. The monoisotopic (exact) mass is 267 g/mol. The summed E-state index contributed by atoms with van der Waals surface area (Å²) in [5.74, 6) is -0.349. The third-order valence-corrected chi connectivity index (χ3v) is 3.25. The fourth-order valence-corrected chi connectivity index (χ4v) is 2.07. The molecule has 1 fully saturated rings. The van der Waals surface area contributed by atoms with Crippen LogP contribution in [0, 0.1) is 0 Å². The van der Waals surface area contributed by atoms with Gasteiger partial charge < -0.3 is 16.0 Å². The van der Waals surface area contributed by atoms with Crippen LogP contribution in [0.3, 0.4) is 0 Å². The van der Waals surface area contributed by atoms with Crippen LogP contribution in [0.15, 0.2) is 18.2 Å². The predicted octanol–water partition coefficient (Wildman–Crippen LogP) is 1.51. The Morgan fingerprint density at radius 1 is 1.56 bits per heavy atom. The van der Waals surface area contributed by atoms with Gasteiger partial charge in [0.25, 0.3) is 0 Å². The van der Waals surface area contributed by atoms with E-state index in [2.05, 4.69) is 5.32 Å². The number of anilines is 1. The van der Waals surface area contributed by atoms with E-state index < -0.39 is 0 Å². The molecule has 0 atom stereocenters. The number of benzene rings is 1. The van der Waals surface area contributed by atoms with E-state index in [-0.39, 0.29) is 12.5 Å². The molecule has 2 rings (SSSR count). The number of carbonyl (C=O) groups is 1. The van der Waals surface area contributed by atoms with E-state index in [0.717, 1.165) is 17.8 Å². The molecule has 1 aromatic carbocycles. The minimum atomic E-state index is -0.349. The first-order chi connectivity index (χ1) is 8.56. The van der Waals surface area contributed by atoms with Gasteiger partial charge in [-0.3, -0.25) is 4.79 Å². The average molecular weight is 268 g/mol. The Morgan fingerprint density at radius 2 is 2.28 bits per heavy atom. The number of nitrogens with two attached hydrogens (primary N) is 1. The van der Waals surface area contributed by atoms with Crippen molar-refractivity contribution in [3.63, 3.8) is 0 Å². The molecular weight excluding hydrogens is 250 g/mol. The van der Waals surface area contributed by atoms with Gasteiger partial charge in [-0.1, -0.05) is 17.7 Å². The van der Waals surface area contributed by atoms with Crippen LogP contribution in [-0.2, 0) is 11.3 Å². The molecule has 1 amide bonds. The van der Waals surface area contributed by atoms with Crippen LogP contribution in [-0.4, -0.2) is 25.5 Å². The van der Waals surface area contributed by atoms with Gasteiger partial charge in [0, 0.05) is 30.3 Å². The van der Waals surface area contributed by atoms with Crippen LogP contribution in [0.4, 0.5) is 5.69 Å². The number of rotatable bonds is 6. The smallest absolute Gasteiger partial charge is 0.236 e. The zero-order valence-corrected chi connectivity index (χ0v) is 11.2. The van der Waals surface area contributed by atoms with Gasteiger partial charge in [-0.05, 0) is 30.5 Å². The highest BCUT2D eigenvalue weighted by Gasteiger charge is 2.21. The maximum atomic E-state index is 11.0. The van der Waals surface area contributed by atoms with E-state index in [4.69, 9.17) is 17.3 Å². The molecule has 5 heteroatoms. The molecule has 0 unspecified atom stereocenters. The largest absolute Gasteiger partial charge is 0.368 e. The predicted molar refractivity (Wildman–Crippen MR) is 73.8 cm³/mol. The van der Waals surface area contributed by atoms with Crippen molar-refractivity contribution in [3.05, 3.63) is 28.8 Å². The van der Waals surface area contributed by atoms with Crippen molar-refractivity contribution >= 4 is 23.2 Å². The summed E-state index contributed by atoms with van der Waals surface area (Å²) in [6, 6.07) is 6.38. The van der Waals surface area contributed by atoms with Gasteiger partial charge in [-0.25, -0.2) is 0 Å². The van der Waals surface area contributed by atoms with Crippen LogP contribution in [0.25, 0.3) is 0 Å². The number of hydrogen-bond donors (Lipinski definition) is 2. The van der Waals surface area contributed by atoms with Crippen LogP contribution in [0.1, 0.15) is 18.4 Å². The highest BCUT2D eigenvalue weighted by atomic mass is 35.5. The van der Waals surface area contributed by atoms with Gasteiger partial charge in [-0.2, -0.15) is 0 Å². The van der Waals surface area contributed by atoms with Crippen molar-refractivity contribution in [1.29, 1.82) is 0 Å². The van der Waals surface area contributed by atoms with E-state index in [9.17, 15) is 4.79 Å². The zero-order valence-electron chi connectivity index (χ0n) is 10.4. The Kier molecular flexibility index (Phi) is 4.09. The molecule has 0 aromatic heterocycles. The van der Waals surface area contributed by atoms with E-state index in [1.165, 1.54) is 12.8 Å². The van der Waals surface area contributed by atoms with E-state index in [1.54, 1.807) is 0 Å². The van der Waals surface area contributed by atoms with E-state index in [1.807, 2.05) is 30.1 Å². The molecule has 0 bridgehead atoms. The summed E-state index contributed by atoms with van der Waals surface area (Å²) < 4.78 is 0. The van der Waals surface area contributed by atoms with Crippen LogP contribution in [0.5, 0.6) is 0 Å². The van der Waals surface area contributed by atoms with Crippen molar-refractivity contribution in [1.82, 2.24) is 5.32 Å². The summed E-state index contributed by atoms with van der Waals surface area (Å²) in [6.07, 6.45) is 2.50. The molecule has 0 aliphatic heterocycles. The van der Waals surface area contributed by atoms with Crippen LogP contribution < -0.4 is 16.0 Å². The van der Waals surface area contributed by atoms with Gasteiger partial charge in [0.15, 0.2) is 0 Å². The standard InChI is InChI=1S/C13H18ClN3O/c1-17(8-13(15)18)12-6-10(14)3-2-9(12)7-16-11-4-5-11/h2-3,6,11,16H,4-5,7-8H2,1H3,(H2,15,18). The lowest BCUT2D eigenvalue weighted by atomic mass is 10.1. The second kappa shape index (κ2) is 5.59. The molecule has 0 saturated heterocycles. The van der Waals surface area contributed by atoms with Crippen LogP contribution >= 0.6 is 11.6 Å². The molecule has 1 aliphatic rings. The number of halogens is 1. The Morgan fingerprint density at radius 3 is 2.89 bits per heavy atom. The summed E-state index contributed by atoms with van der Waals surface area (Å²) in [7, 11) is 1.84. The molecule has 4 nitrogen and oxygen atoms in total. The number of carbonyl (C=O) groups excluding carboxylic acids is 1. The number of amides is 1. The van der Waals surface area contributed by atoms with Gasteiger partial charge in [0.05, 0.1) is 6.54 Å². The number of nitrogens with one attached hydrogen (secondary N) is 1. The lowest BCUT2D eigenvalue weighted by Gasteiger charge is -2.21. The summed E-state index contributed by atoms with van der Waals surface area (Å²) >= 11 is 6.01. The van der Waals surface area contributed by atoms with Gasteiger partial charge in [0.2, 0.25) is 5.91 Å². The molecule has 18 heavy (non-hydrogen) atoms. The van der Waals surface area contributed by atoms with Gasteiger partial charge in [-0.15, -0.1) is 0 Å². The maximum absolute atomic E-state index is 11.0. The van der Waals surface area contributed by atoms with Crippen LogP contribution in [0.2, 0.25) is 5.02 Å². The molecular formula is C13H18ClN3O. The van der Waals surface area contributed by atoms with Gasteiger partial charge >= 0.3 is 0 Å². The Labute approximate surface area is 112 Å². The van der Waals surface area contributed by atoms with Crippen molar-refractivity contribution in [2.24, 2.45) is 5.73 Å². The van der Waals surface area contributed by atoms with Crippen molar-refractivity contribution in [2.75, 3.05) is 18.5 Å². The Bertz CT molecular complexity index is 446. The van der Waals surface area contributed by atoms with Gasteiger partial charge in [0.1, 0.15) is 0 Å². The fourth-order valence-electron chi connectivity index (χ4n) is 1.90. The first-order valence-corrected chi connectivity index (χ1v) is 6.45. The third-order valence-electron chi connectivity index (χ3n) is 3.01. The topological polar surface area (TPSA) is 58.4 Å². The molecule has 0 radical (unpaired) electrons. The minimum absolute atomic E-state index is 0.191. The number of likely N-dealkylation sites (N-methyl/N-ethyl adjacent to an activating group) is 1. The minimum Gasteiger partial charge on any atom is -0.368 e. The quantitative estimate of drug-likeness (QED) is 0.822. The summed E-state index contributed by atoms with van der Waals surface area (Å²) in [5.41, 5.74) is 7.31. The molecule has 3 N–H and O–H groups in total. The third kappa shape index (κ3) is 3.62. The van der Waals surface area contributed by atoms with E-state index >= 15 is 0 Å². The normalized spacial score (nSPS) is 14.6. The second-order valence-corrected chi connectivity index (χ2v) is 5.19. The first-order valence-electron chi connectivity index (χ1n) is 6.07. The fraction of sp³-hybridized carbons (Fsp3) is 0.462. The average Bonchev–Trinajstić information content (AvgIpc) is 3.10. The molecule has 1 aromatic rings. The number of hydrogen-bond acceptors (Lipinski definition) is 3. The molecule has 1 aliphatic carbocycles. The van der Waals surface area contributed by atoms with Crippen molar-refractivity contribution in [3.8, 4) is 0 Å². The lowest BCUT2D eigenvalue weighted by molar-refractivity contribution is -0.116. The SMILES string of the molecule is CN(CC(N)=O)c1cc(Cl)ccc1CNC1CC1. The van der Waals surface area contributed by atoms with E-state index in [0.29, 0.717) is 11.1 Å². The molecule has 0 heterocycles.